The molecule has 0 bridgehead atoms. The van der Waals surface area contributed by atoms with Crippen molar-refractivity contribution in [2.75, 3.05) is 25.5 Å². The molecular formula is C17H23Cl2FN2. The minimum atomic E-state index is -0.178. The molecule has 0 spiro atoms. The van der Waals surface area contributed by atoms with Gasteiger partial charge in [0.15, 0.2) is 0 Å². The van der Waals surface area contributed by atoms with E-state index in [1.54, 1.807) is 0 Å². The summed E-state index contributed by atoms with van der Waals surface area (Å²) in [6, 6.07) is 15.2. The summed E-state index contributed by atoms with van der Waals surface area (Å²) < 4.78 is 12.8. The van der Waals surface area contributed by atoms with Crippen molar-refractivity contribution in [2.24, 2.45) is 0 Å². The van der Waals surface area contributed by atoms with Gasteiger partial charge in [-0.15, -0.1) is 24.8 Å². The van der Waals surface area contributed by atoms with Crippen LogP contribution in [0.3, 0.4) is 0 Å². The van der Waals surface area contributed by atoms with Gasteiger partial charge in [0.1, 0.15) is 5.82 Å². The van der Waals surface area contributed by atoms with Crippen LogP contribution in [0.2, 0.25) is 0 Å². The van der Waals surface area contributed by atoms with E-state index in [1.807, 2.05) is 26.2 Å². The predicted octanol–water partition coefficient (Wildman–Crippen LogP) is 4.07. The van der Waals surface area contributed by atoms with Crippen LogP contribution < -0.4 is 10.2 Å². The Morgan fingerprint density at radius 2 is 1.41 bits per heavy atom. The fourth-order valence-electron chi connectivity index (χ4n) is 2.03. The minimum absolute atomic E-state index is 0. The van der Waals surface area contributed by atoms with Crippen molar-refractivity contribution in [3.63, 3.8) is 0 Å². The monoisotopic (exact) mass is 344 g/mol. The predicted molar refractivity (Wildman–Crippen MR) is 97.1 cm³/mol. The number of rotatable bonds is 6. The molecule has 0 radical (unpaired) electrons. The number of nitrogens with zero attached hydrogens (tertiary/aromatic N) is 1. The van der Waals surface area contributed by atoms with Crippen LogP contribution in [0.1, 0.15) is 11.1 Å². The van der Waals surface area contributed by atoms with Gasteiger partial charge in [0.2, 0.25) is 0 Å². The van der Waals surface area contributed by atoms with Crippen molar-refractivity contribution < 1.29 is 4.39 Å². The molecule has 0 heterocycles. The van der Waals surface area contributed by atoms with Gasteiger partial charge >= 0.3 is 0 Å². The molecule has 122 valence electrons. The lowest BCUT2D eigenvalue weighted by atomic mass is 10.1. The Morgan fingerprint density at radius 3 is 1.95 bits per heavy atom. The molecule has 2 aromatic carbocycles. The third-order valence-electron chi connectivity index (χ3n) is 3.29. The first-order valence-corrected chi connectivity index (χ1v) is 6.86. The maximum atomic E-state index is 12.8. The highest BCUT2D eigenvalue weighted by molar-refractivity contribution is 5.85. The molecule has 0 fully saturated rings. The Labute approximate surface area is 144 Å². The fourth-order valence-corrected chi connectivity index (χ4v) is 2.03. The summed E-state index contributed by atoms with van der Waals surface area (Å²) in [6.07, 6.45) is 0.913. The van der Waals surface area contributed by atoms with Crippen molar-refractivity contribution in [3.05, 3.63) is 65.5 Å². The lowest BCUT2D eigenvalue weighted by Gasteiger charge is -2.13. The topological polar surface area (TPSA) is 15.3 Å². The van der Waals surface area contributed by atoms with Gasteiger partial charge in [-0.05, 0) is 48.4 Å². The molecule has 0 saturated carbocycles. The molecule has 5 heteroatoms. The molecule has 2 aromatic rings. The van der Waals surface area contributed by atoms with Crippen LogP contribution in [0.5, 0.6) is 0 Å². The normalized spacial score (nSPS) is 9.59. The average molecular weight is 345 g/mol. The number of benzene rings is 2. The SMILES string of the molecule is CN(C)c1ccc(CNCCc2ccc(F)cc2)cc1.Cl.Cl. The first kappa shape index (κ1) is 20.7. The van der Waals surface area contributed by atoms with Crippen molar-refractivity contribution in [3.8, 4) is 0 Å². The second-order valence-electron chi connectivity index (χ2n) is 5.11. The Bertz CT molecular complexity index is 527. The van der Waals surface area contributed by atoms with Crippen LogP contribution in [-0.4, -0.2) is 20.6 Å². The highest BCUT2D eigenvalue weighted by atomic mass is 35.5. The maximum Gasteiger partial charge on any atom is 0.123 e. The minimum Gasteiger partial charge on any atom is -0.378 e. The largest absolute Gasteiger partial charge is 0.378 e. The fraction of sp³-hybridized carbons (Fsp3) is 0.294. The van der Waals surface area contributed by atoms with Crippen molar-refractivity contribution >= 4 is 30.5 Å². The Hall–Kier alpha value is -1.29. The lowest BCUT2D eigenvalue weighted by Crippen LogP contribution is -2.16. The number of anilines is 1. The van der Waals surface area contributed by atoms with Gasteiger partial charge in [-0.3, -0.25) is 0 Å². The zero-order valence-electron chi connectivity index (χ0n) is 12.9. The van der Waals surface area contributed by atoms with Gasteiger partial charge in [-0.25, -0.2) is 4.39 Å². The average Bonchev–Trinajstić information content (AvgIpc) is 2.46. The van der Waals surface area contributed by atoms with Gasteiger partial charge in [0.25, 0.3) is 0 Å². The lowest BCUT2D eigenvalue weighted by molar-refractivity contribution is 0.626. The molecule has 1 N–H and O–H groups in total. The Morgan fingerprint density at radius 1 is 0.864 bits per heavy atom. The first-order chi connectivity index (χ1) is 9.65. The summed E-state index contributed by atoms with van der Waals surface area (Å²) in [5.74, 6) is -0.178. The standard InChI is InChI=1S/C17H21FN2.2ClH/c1-20(2)17-9-5-15(6-10-17)13-19-12-11-14-3-7-16(18)8-4-14;;/h3-10,19H,11-13H2,1-2H3;2*1H. The summed E-state index contributed by atoms with van der Waals surface area (Å²) in [6.45, 7) is 1.75. The van der Waals surface area contributed by atoms with Crippen LogP contribution in [0.25, 0.3) is 0 Å². The Kier molecular flexibility index (Phi) is 9.83. The van der Waals surface area contributed by atoms with Crippen LogP contribution in [0.15, 0.2) is 48.5 Å². The van der Waals surface area contributed by atoms with Crippen LogP contribution in [0.4, 0.5) is 10.1 Å². The number of halogens is 3. The maximum absolute atomic E-state index is 12.8. The number of hydrogen-bond donors (Lipinski definition) is 1. The summed E-state index contributed by atoms with van der Waals surface area (Å²) in [7, 11) is 4.08. The van der Waals surface area contributed by atoms with Gasteiger partial charge in [0, 0.05) is 26.3 Å². The van der Waals surface area contributed by atoms with Crippen LogP contribution in [-0.2, 0) is 13.0 Å². The van der Waals surface area contributed by atoms with E-state index in [2.05, 4.69) is 34.5 Å². The van der Waals surface area contributed by atoms with Gasteiger partial charge in [-0.2, -0.15) is 0 Å². The number of nitrogens with one attached hydrogen (secondary N) is 1. The molecule has 0 aliphatic carbocycles. The van der Waals surface area contributed by atoms with E-state index in [1.165, 1.54) is 23.4 Å². The summed E-state index contributed by atoms with van der Waals surface area (Å²) in [5.41, 5.74) is 3.64. The molecule has 0 atom stereocenters. The summed E-state index contributed by atoms with van der Waals surface area (Å²) in [5, 5.41) is 3.41. The van der Waals surface area contributed by atoms with E-state index >= 15 is 0 Å². The highest BCUT2D eigenvalue weighted by Crippen LogP contribution is 2.12. The van der Waals surface area contributed by atoms with E-state index in [-0.39, 0.29) is 30.6 Å². The second kappa shape index (κ2) is 10.4. The summed E-state index contributed by atoms with van der Waals surface area (Å²) >= 11 is 0. The molecule has 2 nitrogen and oxygen atoms in total. The molecule has 0 unspecified atom stereocenters. The zero-order chi connectivity index (χ0) is 14.4. The second-order valence-corrected chi connectivity index (χ2v) is 5.11. The molecular weight excluding hydrogens is 322 g/mol. The molecule has 22 heavy (non-hydrogen) atoms. The third-order valence-corrected chi connectivity index (χ3v) is 3.29. The molecule has 0 amide bonds. The third kappa shape index (κ3) is 6.65. The summed E-state index contributed by atoms with van der Waals surface area (Å²) in [4.78, 5) is 2.09. The molecule has 2 rings (SSSR count). The van der Waals surface area contributed by atoms with E-state index in [9.17, 15) is 4.39 Å². The molecule has 0 aromatic heterocycles. The van der Waals surface area contributed by atoms with Crippen molar-refractivity contribution in [1.29, 1.82) is 0 Å². The van der Waals surface area contributed by atoms with Gasteiger partial charge in [-0.1, -0.05) is 24.3 Å². The molecule has 0 saturated heterocycles. The van der Waals surface area contributed by atoms with Gasteiger partial charge in [0.05, 0.1) is 0 Å². The zero-order valence-corrected chi connectivity index (χ0v) is 14.5. The van der Waals surface area contributed by atoms with Crippen LogP contribution in [0, 0.1) is 5.82 Å². The quantitative estimate of drug-likeness (QED) is 0.794. The van der Waals surface area contributed by atoms with Crippen LogP contribution >= 0.6 is 24.8 Å². The smallest absolute Gasteiger partial charge is 0.123 e. The number of hydrogen-bond acceptors (Lipinski definition) is 2. The van der Waals surface area contributed by atoms with Crippen molar-refractivity contribution in [1.82, 2.24) is 5.32 Å². The Balaban J connectivity index is 0.00000220. The van der Waals surface area contributed by atoms with E-state index in [0.29, 0.717) is 0 Å². The molecule has 0 aliphatic heterocycles. The van der Waals surface area contributed by atoms with E-state index in [0.717, 1.165) is 25.1 Å². The van der Waals surface area contributed by atoms with E-state index < -0.39 is 0 Å². The first-order valence-electron chi connectivity index (χ1n) is 6.86. The van der Waals surface area contributed by atoms with Gasteiger partial charge < -0.3 is 10.2 Å². The highest BCUT2D eigenvalue weighted by Gasteiger charge is 1.97. The molecule has 0 aliphatic rings. The van der Waals surface area contributed by atoms with E-state index in [4.69, 9.17) is 0 Å². The van der Waals surface area contributed by atoms with Crippen molar-refractivity contribution in [2.45, 2.75) is 13.0 Å².